The third kappa shape index (κ3) is 91.7. The first-order valence-corrected chi connectivity index (χ1v) is 54.5. The first-order chi connectivity index (χ1) is 62.6. The van der Waals surface area contributed by atoms with Gasteiger partial charge in [0.15, 0.2) is 0 Å². The molecule has 4 unspecified atom stereocenters. The molecule has 0 aromatic heterocycles. The Hall–Kier alpha value is -3.14. The third-order valence-electron chi connectivity index (χ3n) is 22.2. The number of allylic oxidation sites excluding steroid dienone is 8. The fraction of sp³-hybridized carbons (Fsp3) is 0.842. The van der Waals surface area contributed by atoms with Crippen LogP contribution in [-0.4, -0.2) is 160 Å². The zero-order valence-corrected chi connectivity index (χ0v) is 90.0. The number of esters is 4. The first-order valence-electron chi connectivity index (χ1n) is 51.5. The molecule has 26 nitrogen and oxygen atoms in total. The van der Waals surface area contributed by atoms with E-state index in [-0.39, 0.29) is 152 Å². The number of rotatable bonds is 96. The van der Waals surface area contributed by atoms with Crippen molar-refractivity contribution in [2.24, 2.45) is 0 Å². The number of carbonyl (C=O) groups excluding carboxylic acids is 8. The molecule has 4 amide bonds. The molecule has 6 N–H and O–H groups in total. The van der Waals surface area contributed by atoms with Crippen LogP contribution in [0.3, 0.4) is 0 Å². The first kappa shape index (κ1) is 132. The van der Waals surface area contributed by atoms with Gasteiger partial charge in [0, 0.05) is 51.6 Å². The van der Waals surface area contributed by atoms with Gasteiger partial charge in [-0.25, -0.2) is 9.13 Å². The van der Waals surface area contributed by atoms with E-state index in [1.165, 1.54) is 77.0 Å². The molecular formula is C101H188N4Na2O22P2. The summed E-state index contributed by atoms with van der Waals surface area (Å²) in [7, 11) is -9.77. The number of nitrogens with one attached hydrogen (secondary N) is 4. The quantitative estimate of drug-likeness (QED) is 0.00626. The summed E-state index contributed by atoms with van der Waals surface area (Å²) in [4.78, 5) is 129. The summed E-state index contributed by atoms with van der Waals surface area (Å²) in [5.74, 6) is -3.94. The minimum atomic E-state index is -4.89. The minimum Gasteiger partial charge on any atom is -1.00 e. The van der Waals surface area contributed by atoms with Crippen molar-refractivity contribution in [1.82, 2.24) is 21.3 Å². The van der Waals surface area contributed by atoms with Gasteiger partial charge in [-0.05, 0) is 154 Å². The molecule has 0 heterocycles. The zero-order chi connectivity index (χ0) is 94.8. The largest absolute Gasteiger partial charge is 1.00 e. The fourth-order valence-corrected chi connectivity index (χ4v) is 16.0. The topological polar surface area (TPSA) is 352 Å². The molecule has 0 saturated carbocycles. The second kappa shape index (κ2) is 97.1. The maximum Gasteiger partial charge on any atom is 1.00 e. The number of amides is 4. The van der Waals surface area contributed by atoms with E-state index < -0.39 is 121 Å². The summed E-state index contributed by atoms with van der Waals surface area (Å²) in [5.41, 5.74) is 0. The second-order valence-corrected chi connectivity index (χ2v) is 37.8. The summed E-state index contributed by atoms with van der Waals surface area (Å²) in [6, 6.07) is -2.02. The van der Waals surface area contributed by atoms with E-state index in [1.54, 1.807) is 0 Å². The van der Waals surface area contributed by atoms with Gasteiger partial charge >= 0.3 is 98.6 Å². The third-order valence-corrected chi connectivity index (χ3v) is 24.2. The second-order valence-electron chi connectivity index (χ2n) is 34.8. The van der Waals surface area contributed by atoms with Gasteiger partial charge in [-0.15, -0.1) is 0 Å². The van der Waals surface area contributed by atoms with E-state index in [0.717, 1.165) is 205 Å². The SMILES string of the molecule is CCCCCC/C=C\CCCC(=O)O[C@H](CCCCCCC)CCOCC(COP(=O)(O)OCCNC(=O)CC(=O)NCCOP(=O)(O)OCC(COCC[C@@H](CCCCCCC)OC(=O)CCC/C=C\CCCCCC)NC(=O)C[C@@H](CCCCCCC)OC(=O)CCC/C=C/CCCCCC)NC(=O)C[C@@H](CCCCCCC)OC(=O)CCC/C=C/CCCCCC.[H-].[H-].[Na+].[Na+]. The van der Waals surface area contributed by atoms with Gasteiger partial charge in [0.05, 0.1) is 77.8 Å². The molecule has 756 valence electrons. The fourth-order valence-electron chi connectivity index (χ4n) is 14.5. The van der Waals surface area contributed by atoms with E-state index in [9.17, 15) is 57.3 Å². The van der Waals surface area contributed by atoms with Crippen molar-refractivity contribution in [1.29, 1.82) is 0 Å². The monoisotopic (exact) mass is 1920 g/mol. The average molecular weight is 1920 g/mol. The number of phosphoric ester groups is 2. The molecule has 0 saturated heterocycles. The van der Waals surface area contributed by atoms with Crippen molar-refractivity contribution in [3.8, 4) is 0 Å². The van der Waals surface area contributed by atoms with E-state index in [2.05, 4.69) is 125 Å². The number of carbonyl (C=O) groups is 8. The summed E-state index contributed by atoms with van der Waals surface area (Å²) in [5, 5.41) is 10.6. The van der Waals surface area contributed by atoms with Crippen molar-refractivity contribution in [2.45, 2.75) is 484 Å². The minimum absolute atomic E-state index is 0. The molecule has 0 fully saturated rings. The van der Waals surface area contributed by atoms with Crippen LogP contribution in [0.4, 0.5) is 0 Å². The molecule has 0 bridgehead atoms. The van der Waals surface area contributed by atoms with E-state index >= 15 is 0 Å². The van der Waals surface area contributed by atoms with Gasteiger partial charge in [0.25, 0.3) is 0 Å². The Balaban J connectivity index is -0.0000137. The molecule has 0 radical (unpaired) electrons. The molecule has 8 atom stereocenters. The number of ether oxygens (including phenoxy) is 6. The normalized spacial score (nSPS) is 13.9. The van der Waals surface area contributed by atoms with E-state index in [0.29, 0.717) is 64.2 Å². The molecule has 0 aromatic rings. The summed E-state index contributed by atoms with van der Waals surface area (Å²) >= 11 is 0. The van der Waals surface area contributed by atoms with Crippen LogP contribution in [0.25, 0.3) is 0 Å². The van der Waals surface area contributed by atoms with Crippen molar-refractivity contribution >= 4 is 63.2 Å². The maximum absolute atomic E-state index is 14.0. The van der Waals surface area contributed by atoms with Gasteiger partial charge in [0.1, 0.15) is 30.8 Å². The summed E-state index contributed by atoms with van der Waals surface area (Å²) in [6.07, 6.45) is 66.0. The standard InChI is InChI=1S/C101H186N4O22P2.2Na.2H/c1-9-17-25-33-37-41-45-53-61-69-98(110)124-90(65-57-49-29-21-13-5)73-77-118-84-88(104-96(108)81-92(67-59-51-31-23-15-7)126-100(112)71-63-55-47-43-39-35-27-19-11-3)86-122-128(114,115)120-79-75-102-94(106)83-95(107)103-76-80-121-129(116,117)123-87-89(85-119-78-74-91(66-58-50-30-22-14-6)125-99(111)70-62-54-46-42-38-34-26-18-10-2)105-97(109)82-93(68-60-52-32-24-16-8)127-101(113)72-64-56-48-44-40-36-28-20-12-4;;;;/h41-48,88-93H,9-40,49-87H2,1-8H3,(H,102,106)(H,103,107)(H,104,108)(H,105,109)(H,114,115)(H,116,117);;;;/q;2*+1;2*-1/b45-41-,46-42-,47-43+,48-44+;;;;/t88?,89?,90-,91-,92-,93-;;;;/m1..../s1. The van der Waals surface area contributed by atoms with Gasteiger partial charge in [0.2, 0.25) is 23.6 Å². The van der Waals surface area contributed by atoms with E-state index in [1.807, 2.05) is 0 Å². The Labute approximate surface area is 842 Å². The molecule has 0 spiro atoms. The Bertz CT molecular complexity index is 2800. The van der Waals surface area contributed by atoms with Crippen LogP contribution in [0, 0.1) is 0 Å². The Kier molecular flexibility index (Phi) is 97.8. The predicted molar refractivity (Wildman–Crippen MR) is 520 cm³/mol. The molecule has 30 heteroatoms. The van der Waals surface area contributed by atoms with Crippen molar-refractivity contribution < 1.29 is 166 Å². The number of unbranched alkanes of at least 4 members (excludes halogenated alkanes) is 36. The summed E-state index contributed by atoms with van der Waals surface area (Å²) in [6.45, 7) is 14.3. The van der Waals surface area contributed by atoms with Crippen LogP contribution in [0.2, 0.25) is 0 Å². The molecule has 0 aliphatic heterocycles. The van der Waals surface area contributed by atoms with Crippen molar-refractivity contribution in [2.75, 3.05) is 65.9 Å². The summed E-state index contributed by atoms with van der Waals surface area (Å²) < 4.78 is 84.5. The number of phosphoric acid groups is 2. The van der Waals surface area contributed by atoms with Gasteiger partial charge in [-0.3, -0.25) is 56.5 Å². The molecule has 0 aliphatic rings. The van der Waals surface area contributed by atoms with Crippen LogP contribution in [0.1, 0.15) is 450 Å². The molecule has 0 aromatic carbocycles. The van der Waals surface area contributed by atoms with Crippen LogP contribution in [0.15, 0.2) is 48.6 Å². The molecule has 0 rings (SSSR count). The van der Waals surface area contributed by atoms with Crippen LogP contribution < -0.4 is 80.4 Å². The zero-order valence-electron chi connectivity index (χ0n) is 86.2. The van der Waals surface area contributed by atoms with Gasteiger partial charge < -0.3 is 62.3 Å². The number of hydrogen-bond donors (Lipinski definition) is 6. The van der Waals surface area contributed by atoms with Gasteiger partial charge in [-0.2, -0.15) is 0 Å². The Morgan fingerprint density at radius 2 is 0.519 bits per heavy atom. The van der Waals surface area contributed by atoms with Crippen LogP contribution >= 0.6 is 15.6 Å². The van der Waals surface area contributed by atoms with Crippen molar-refractivity contribution in [3.63, 3.8) is 0 Å². The van der Waals surface area contributed by atoms with Crippen LogP contribution in [-0.2, 0) is 94.0 Å². The van der Waals surface area contributed by atoms with Crippen molar-refractivity contribution in [3.05, 3.63) is 48.6 Å². The smallest absolute Gasteiger partial charge is 1.00 e. The predicted octanol–water partition coefficient (Wildman–Crippen LogP) is 18.5. The van der Waals surface area contributed by atoms with Crippen LogP contribution in [0.5, 0.6) is 0 Å². The molecular weight excluding hydrogens is 1730 g/mol. The Morgan fingerprint density at radius 3 is 0.786 bits per heavy atom. The average Bonchev–Trinajstić information content (AvgIpc) is 0.907. The van der Waals surface area contributed by atoms with E-state index in [4.69, 9.17) is 46.5 Å². The Morgan fingerprint density at radius 1 is 0.282 bits per heavy atom. The molecule has 131 heavy (non-hydrogen) atoms. The van der Waals surface area contributed by atoms with Gasteiger partial charge in [-0.1, -0.05) is 284 Å². The molecule has 0 aliphatic carbocycles. The maximum atomic E-state index is 14.0. The number of hydrogen-bond acceptors (Lipinski definition) is 20.